The molecule has 4 atom stereocenters. The zero-order chi connectivity index (χ0) is 31.0. The molecule has 3 aromatic rings. The lowest BCUT2D eigenvalue weighted by Crippen LogP contribution is -2.45. The monoisotopic (exact) mass is 617 g/mol. The highest BCUT2D eigenvalue weighted by molar-refractivity contribution is 6.31. The highest BCUT2D eigenvalue weighted by atomic mass is 35.5. The third kappa shape index (κ3) is 5.84. The van der Waals surface area contributed by atoms with Crippen LogP contribution >= 0.6 is 23.2 Å². The Labute approximate surface area is 251 Å². The maximum absolute atomic E-state index is 15.7. The zero-order valence-electron chi connectivity index (χ0n) is 23.2. The van der Waals surface area contributed by atoms with Gasteiger partial charge in [-0.05, 0) is 53.8 Å². The van der Waals surface area contributed by atoms with Crippen molar-refractivity contribution in [2.24, 2.45) is 5.41 Å². The van der Waals surface area contributed by atoms with E-state index in [1.165, 1.54) is 42.5 Å². The number of esters is 1. The van der Waals surface area contributed by atoms with Gasteiger partial charge in [0.2, 0.25) is 5.91 Å². The molecule has 2 N–H and O–H groups in total. The Bertz CT molecular complexity index is 1590. The Morgan fingerprint density at radius 3 is 2.38 bits per heavy atom. The highest BCUT2D eigenvalue weighted by Gasteiger charge is 2.61. The molecule has 3 aromatic carbocycles. The molecule has 0 spiro atoms. The number of hydrogen-bond donors (Lipinski definition) is 2. The number of anilines is 1. The SMILES string of the molecule is COC(=O)c1ccc(NC(=O)[C@@H]2N[C@@H](CC(C)(C)C)[C@](C#N)(c3ccc(Cl)cc3F)[C@H]2c2cccc(Cl)c2F)c(F)c1. The van der Waals surface area contributed by atoms with Gasteiger partial charge in [0, 0.05) is 22.5 Å². The van der Waals surface area contributed by atoms with E-state index in [1.807, 2.05) is 20.8 Å². The second-order valence-electron chi connectivity index (χ2n) is 11.4. The summed E-state index contributed by atoms with van der Waals surface area (Å²) in [5, 5.41) is 16.4. The third-order valence-corrected chi connectivity index (χ3v) is 7.91. The number of nitriles is 1. The molecule has 6 nitrogen and oxygen atoms in total. The molecular weight excluding hydrogens is 590 g/mol. The molecule has 0 aromatic heterocycles. The van der Waals surface area contributed by atoms with Crippen molar-refractivity contribution < 1.29 is 27.5 Å². The fourth-order valence-corrected chi connectivity index (χ4v) is 5.97. The van der Waals surface area contributed by atoms with Crippen LogP contribution in [0.15, 0.2) is 54.6 Å². The number of nitrogens with one attached hydrogen (secondary N) is 2. The molecule has 0 aliphatic carbocycles. The molecule has 42 heavy (non-hydrogen) atoms. The molecule has 1 aliphatic rings. The summed E-state index contributed by atoms with van der Waals surface area (Å²) in [5.74, 6) is -5.49. The number of nitrogens with zero attached hydrogens (tertiary/aromatic N) is 1. The van der Waals surface area contributed by atoms with E-state index in [4.69, 9.17) is 23.2 Å². The fraction of sp³-hybridized carbons (Fsp3) is 0.323. The predicted octanol–water partition coefficient (Wildman–Crippen LogP) is 7.16. The summed E-state index contributed by atoms with van der Waals surface area (Å²) in [4.78, 5) is 25.7. The lowest BCUT2D eigenvalue weighted by Gasteiger charge is -2.37. The molecule has 1 heterocycles. The van der Waals surface area contributed by atoms with Gasteiger partial charge in [0.1, 0.15) is 22.9 Å². The lowest BCUT2D eigenvalue weighted by molar-refractivity contribution is -0.118. The van der Waals surface area contributed by atoms with Gasteiger partial charge in [0.05, 0.1) is 35.5 Å². The van der Waals surface area contributed by atoms with Gasteiger partial charge in [-0.15, -0.1) is 0 Å². The third-order valence-electron chi connectivity index (χ3n) is 7.38. The van der Waals surface area contributed by atoms with Gasteiger partial charge >= 0.3 is 5.97 Å². The predicted molar refractivity (Wildman–Crippen MR) is 154 cm³/mol. The molecule has 0 bridgehead atoms. The summed E-state index contributed by atoms with van der Waals surface area (Å²) < 4.78 is 51.0. The zero-order valence-corrected chi connectivity index (χ0v) is 24.7. The largest absolute Gasteiger partial charge is 0.465 e. The summed E-state index contributed by atoms with van der Waals surface area (Å²) >= 11 is 12.2. The molecule has 1 saturated heterocycles. The van der Waals surface area contributed by atoms with Crippen LogP contribution in [0.25, 0.3) is 0 Å². The summed E-state index contributed by atoms with van der Waals surface area (Å²) in [7, 11) is 1.15. The standard InChI is InChI=1S/C31H28Cl2F3N3O3/c1-30(2,3)14-24-31(15-37,19-10-9-17(32)13-21(19)34)25(18-6-5-7-20(33)26(18)36)27(39-24)28(40)38-23-11-8-16(12-22(23)35)29(41)42-4/h5-13,24-25,27,39H,14H2,1-4H3,(H,38,40)/t24-,25-,27+,31-/m0/s1. The number of halogens is 5. The van der Waals surface area contributed by atoms with Crippen molar-refractivity contribution in [2.45, 2.75) is 50.6 Å². The van der Waals surface area contributed by atoms with E-state index in [9.17, 15) is 19.2 Å². The number of rotatable bonds is 6. The second kappa shape index (κ2) is 12.0. The van der Waals surface area contributed by atoms with E-state index in [0.717, 1.165) is 19.2 Å². The first kappa shape index (κ1) is 31.4. The van der Waals surface area contributed by atoms with Crippen LogP contribution in [0.3, 0.4) is 0 Å². The van der Waals surface area contributed by atoms with Crippen molar-refractivity contribution in [1.29, 1.82) is 5.26 Å². The molecule has 11 heteroatoms. The van der Waals surface area contributed by atoms with Crippen molar-refractivity contribution in [3.63, 3.8) is 0 Å². The maximum Gasteiger partial charge on any atom is 0.337 e. The van der Waals surface area contributed by atoms with Gasteiger partial charge in [0.15, 0.2) is 0 Å². The number of carbonyl (C=O) groups excluding carboxylic acids is 2. The van der Waals surface area contributed by atoms with Gasteiger partial charge in [-0.2, -0.15) is 5.26 Å². The van der Waals surface area contributed by atoms with Crippen LogP contribution in [-0.2, 0) is 14.9 Å². The van der Waals surface area contributed by atoms with Gasteiger partial charge in [-0.25, -0.2) is 18.0 Å². The molecule has 0 saturated carbocycles. The Hall–Kier alpha value is -3.58. The van der Waals surface area contributed by atoms with E-state index >= 15 is 8.78 Å². The number of methoxy groups -OCH3 is 1. The molecule has 0 radical (unpaired) electrons. The van der Waals surface area contributed by atoms with Gasteiger partial charge in [-0.1, -0.05) is 62.2 Å². The molecule has 0 unspecified atom stereocenters. The topological polar surface area (TPSA) is 91.2 Å². The van der Waals surface area contributed by atoms with Crippen LogP contribution in [0.4, 0.5) is 18.9 Å². The van der Waals surface area contributed by atoms with Crippen molar-refractivity contribution in [3.05, 3.63) is 98.8 Å². The van der Waals surface area contributed by atoms with E-state index < -0.39 is 58.2 Å². The minimum Gasteiger partial charge on any atom is -0.465 e. The smallest absolute Gasteiger partial charge is 0.337 e. The Balaban J connectivity index is 1.92. The van der Waals surface area contributed by atoms with Crippen LogP contribution in [0.1, 0.15) is 54.6 Å². The highest BCUT2D eigenvalue weighted by Crippen LogP contribution is 2.53. The van der Waals surface area contributed by atoms with Crippen molar-refractivity contribution in [2.75, 3.05) is 12.4 Å². The quantitative estimate of drug-likeness (QED) is 0.286. The van der Waals surface area contributed by atoms with E-state index in [2.05, 4.69) is 21.4 Å². The molecule has 1 amide bonds. The van der Waals surface area contributed by atoms with Crippen LogP contribution < -0.4 is 10.6 Å². The molecule has 1 fully saturated rings. The summed E-state index contributed by atoms with van der Waals surface area (Å²) in [6, 6.07) is 11.4. The van der Waals surface area contributed by atoms with Gasteiger partial charge < -0.3 is 15.4 Å². The Kier molecular flexibility index (Phi) is 8.93. The normalized spacial score (nSPS) is 22.0. The van der Waals surface area contributed by atoms with Crippen molar-refractivity contribution in [3.8, 4) is 6.07 Å². The fourth-order valence-electron chi connectivity index (χ4n) is 5.63. The second-order valence-corrected chi connectivity index (χ2v) is 12.2. The van der Waals surface area contributed by atoms with Gasteiger partial charge in [0.25, 0.3) is 0 Å². The first-order valence-corrected chi connectivity index (χ1v) is 13.7. The van der Waals surface area contributed by atoms with E-state index in [0.29, 0.717) is 0 Å². The molecule has 220 valence electrons. The molecule has 1 aliphatic heterocycles. The maximum atomic E-state index is 15.7. The van der Waals surface area contributed by atoms with Crippen LogP contribution in [0, 0.1) is 34.2 Å². The average Bonchev–Trinajstić information content (AvgIpc) is 3.23. The number of hydrogen-bond acceptors (Lipinski definition) is 5. The first-order chi connectivity index (χ1) is 19.7. The van der Waals surface area contributed by atoms with Crippen LogP contribution in [-0.4, -0.2) is 31.1 Å². The number of benzene rings is 3. The minimum atomic E-state index is -1.83. The van der Waals surface area contributed by atoms with Gasteiger partial charge in [-0.3, -0.25) is 4.79 Å². The minimum absolute atomic E-state index is 0.0715. The summed E-state index contributed by atoms with van der Waals surface area (Å²) in [6.07, 6.45) is 0.271. The van der Waals surface area contributed by atoms with Crippen LogP contribution in [0.2, 0.25) is 10.0 Å². The van der Waals surface area contributed by atoms with Crippen LogP contribution in [0.5, 0.6) is 0 Å². The molecular formula is C31H28Cl2F3N3O3. The number of ether oxygens (including phenoxy) is 1. The van der Waals surface area contributed by atoms with Crippen molar-refractivity contribution >= 4 is 40.8 Å². The number of amides is 1. The first-order valence-electron chi connectivity index (χ1n) is 13.0. The van der Waals surface area contributed by atoms with E-state index in [1.54, 1.807) is 0 Å². The van der Waals surface area contributed by atoms with E-state index in [-0.39, 0.29) is 38.8 Å². The molecule has 4 rings (SSSR count). The Morgan fingerprint density at radius 1 is 1.07 bits per heavy atom. The summed E-state index contributed by atoms with van der Waals surface area (Å²) in [5.41, 5.74) is -2.77. The average molecular weight is 618 g/mol. The Morgan fingerprint density at radius 2 is 1.79 bits per heavy atom. The number of carbonyl (C=O) groups is 2. The lowest BCUT2D eigenvalue weighted by atomic mass is 9.62. The summed E-state index contributed by atoms with van der Waals surface area (Å²) in [6.45, 7) is 5.74. The van der Waals surface area contributed by atoms with Crippen molar-refractivity contribution in [1.82, 2.24) is 5.32 Å².